The van der Waals surface area contributed by atoms with Gasteiger partial charge in [-0.1, -0.05) is 36.4 Å². The third kappa shape index (κ3) is 4.84. The van der Waals surface area contributed by atoms with Gasteiger partial charge < -0.3 is 19.6 Å². The molecule has 3 rings (SSSR count). The first-order valence-electron chi connectivity index (χ1n) is 8.59. The molecule has 0 amide bonds. The molecule has 1 aromatic heterocycles. The molecular formula is C20H16BrN3O6. The van der Waals surface area contributed by atoms with E-state index in [1.807, 2.05) is 30.3 Å². The summed E-state index contributed by atoms with van der Waals surface area (Å²) in [6, 6.07) is 13.2. The van der Waals surface area contributed by atoms with Gasteiger partial charge in [-0.05, 0) is 45.3 Å². The van der Waals surface area contributed by atoms with Gasteiger partial charge in [-0.3, -0.25) is 14.9 Å². The Balaban J connectivity index is 1.84. The Hall–Kier alpha value is -3.66. The van der Waals surface area contributed by atoms with E-state index >= 15 is 0 Å². The topological polar surface area (TPSA) is 128 Å². The number of benzene rings is 2. The van der Waals surface area contributed by atoms with Crippen LogP contribution in [0.2, 0.25) is 0 Å². The van der Waals surface area contributed by atoms with Crippen molar-refractivity contribution in [3.05, 3.63) is 84.4 Å². The number of rotatable bonds is 7. The van der Waals surface area contributed by atoms with Gasteiger partial charge in [-0.15, -0.1) is 0 Å². The third-order valence-electron chi connectivity index (χ3n) is 3.99. The number of aromatic hydroxyl groups is 1. The van der Waals surface area contributed by atoms with Gasteiger partial charge in [0.25, 0.3) is 5.88 Å². The van der Waals surface area contributed by atoms with E-state index in [4.69, 9.17) is 9.47 Å². The van der Waals surface area contributed by atoms with Gasteiger partial charge in [0, 0.05) is 0 Å². The van der Waals surface area contributed by atoms with Crippen LogP contribution in [-0.2, 0) is 6.61 Å². The van der Waals surface area contributed by atoms with Gasteiger partial charge in [0.05, 0.1) is 16.5 Å². The first-order valence-corrected chi connectivity index (χ1v) is 9.38. The Morgan fingerprint density at radius 3 is 2.63 bits per heavy atom. The molecule has 0 radical (unpaired) electrons. The minimum atomic E-state index is -1.05. The van der Waals surface area contributed by atoms with E-state index in [0.717, 1.165) is 5.56 Å². The van der Waals surface area contributed by atoms with Gasteiger partial charge in [-0.2, -0.15) is 4.98 Å². The van der Waals surface area contributed by atoms with Crippen LogP contribution in [0.15, 0.2) is 51.7 Å². The molecule has 0 aliphatic carbocycles. The fourth-order valence-electron chi connectivity index (χ4n) is 2.60. The summed E-state index contributed by atoms with van der Waals surface area (Å²) in [4.78, 5) is 27.3. The number of nitrogens with zero attached hydrogens (tertiary/aromatic N) is 2. The molecule has 1 heterocycles. The van der Waals surface area contributed by atoms with Crippen molar-refractivity contribution >= 4 is 33.8 Å². The maximum atomic E-state index is 11.7. The minimum absolute atomic E-state index is 0.0393. The lowest BCUT2D eigenvalue weighted by Crippen LogP contribution is -2.14. The van der Waals surface area contributed by atoms with Crippen molar-refractivity contribution in [2.24, 2.45) is 0 Å². The molecule has 0 fully saturated rings. The summed E-state index contributed by atoms with van der Waals surface area (Å²) in [6.07, 6.45) is 2.99. The van der Waals surface area contributed by atoms with Crippen LogP contribution >= 0.6 is 15.9 Å². The zero-order valence-electron chi connectivity index (χ0n) is 15.7. The summed E-state index contributed by atoms with van der Waals surface area (Å²) < 4.78 is 11.9. The Morgan fingerprint density at radius 2 is 2.00 bits per heavy atom. The second-order valence-electron chi connectivity index (χ2n) is 6.02. The first kappa shape index (κ1) is 21.1. The Bertz CT molecular complexity index is 1160. The molecule has 154 valence electrons. The Labute approximate surface area is 178 Å². The lowest BCUT2D eigenvalue weighted by atomic mass is 10.2. The van der Waals surface area contributed by atoms with Crippen molar-refractivity contribution in [3.63, 3.8) is 0 Å². The molecule has 9 nitrogen and oxygen atoms in total. The Kier molecular flexibility index (Phi) is 6.48. The van der Waals surface area contributed by atoms with Crippen molar-refractivity contribution < 1.29 is 19.5 Å². The van der Waals surface area contributed by atoms with Crippen LogP contribution in [0.4, 0.5) is 5.69 Å². The number of ether oxygens (including phenoxy) is 2. The number of aromatic amines is 1. The molecule has 2 N–H and O–H groups in total. The number of methoxy groups -OCH3 is 1. The average Bonchev–Trinajstić information content (AvgIpc) is 2.71. The summed E-state index contributed by atoms with van der Waals surface area (Å²) in [6.45, 7) is 0.359. The fraction of sp³-hybridized carbons (Fsp3) is 0.100. The van der Waals surface area contributed by atoms with Gasteiger partial charge in [0.1, 0.15) is 12.4 Å². The second kappa shape index (κ2) is 9.23. The van der Waals surface area contributed by atoms with Crippen molar-refractivity contribution in [2.45, 2.75) is 6.61 Å². The maximum absolute atomic E-state index is 11.7. The zero-order chi connectivity index (χ0) is 21.7. The van der Waals surface area contributed by atoms with Gasteiger partial charge in [0.2, 0.25) is 0 Å². The van der Waals surface area contributed by atoms with Crippen LogP contribution in [0.5, 0.6) is 17.4 Å². The molecule has 10 heteroatoms. The fourth-order valence-corrected chi connectivity index (χ4v) is 3.17. The molecule has 0 saturated heterocycles. The zero-order valence-corrected chi connectivity index (χ0v) is 17.3. The number of nitro groups is 1. The third-order valence-corrected chi connectivity index (χ3v) is 4.58. The van der Waals surface area contributed by atoms with Crippen molar-refractivity contribution in [1.29, 1.82) is 0 Å². The van der Waals surface area contributed by atoms with Gasteiger partial charge >= 0.3 is 11.2 Å². The number of hydrogen-bond acceptors (Lipinski definition) is 7. The molecule has 0 saturated carbocycles. The van der Waals surface area contributed by atoms with E-state index in [1.54, 1.807) is 18.2 Å². The highest BCUT2D eigenvalue weighted by Gasteiger charge is 2.21. The van der Waals surface area contributed by atoms with E-state index in [2.05, 4.69) is 25.9 Å². The van der Waals surface area contributed by atoms with Crippen LogP contribution in [-0.4, -0.2) is 27.1 Å². The smallest absolute Gasteiger partial charge is 0.395 e. The molecule has 2 aromatic carbocycles. The summed E-state index contributed by atoms with van der Waals surface area (Å²) in [5.41, 5.74) is -0.373. The molecule has 0 spiro atoms. The SMILES string of the molecule is COc1cc(/C=C/c2nc(O)c([N+](=O)[O-])c(=O)[nH]2)cc(Br)c1OCc1ccccc1. The molecule has 3 aromatic rings. The van der Waals surface area contributed by atoms with Crippen molar-refractivity contribution in [1.82, 2.24) is 9.97 Å². The Morgan fingerprint density at radius 1 is 1.27 bits per heavy atom. The molecule has 0 aliphatic rings. The summed E-state index contributed by atoms with van der Waals surface area (Å²) in [5, 5.41) is 20.4. The average molecular weight is 474 g/mol. The van der Waals surface area contributed by atoms with Gasteiger partial charge in [-0.25, -0.2) is 0 Å². The second-order valence-corrected chi connectivity index (χ2v) is 6.88. The van der Waals surface area contributed by atoms with Crippen LogP contribution in [0, 0.1) is 10.1 Å². The summed E-state index contributed by atoms with van der Waals surface area (Å²) in [7, 11) is 1.51. The quantitative estimate of drug-likeness (QED) is 0.393. The van der Waals surface area contributed by atoms with Crippen molar-refractivity contribution in [2.75, 3.05) is 7.11 Å². The molecule has 0 aliphatic heterocycles. The highest BCUT2D eigenvalue weighted by molar-refractivity contribution is 9.10. The number of halogens is 1. The maximum Gasteiger partial charge on any atom is 0.395 e. The van der Waals surface area contributed by atoms with Crippen LogP contribution < -0.4 is 15.0 Å². The highest BCUT2D eigenvalue weighted by atomic mass is 79.9. The summed E-state index contributed by atoms with van der Waals surface area (Å²) in [5.74, 6) is 0.0142. The van der Waals surface area contributed by atoms with Crippen LogP contribution in [0.1, 0.15) is 17.0 Å². The standard InChI is InChI=1S/C20H16BrN3O6/c1-29-15-10-13(7-8-16-22-19(25)17(24(27)28)20(26)23-16)9-14(21)18(15)30-11-12-5-3-2-4-6-12/h2-10H,11H2,1H3,(H2,22,23,25,26)/b8-7+. The van der Waals surface area contributed by atoms with E-state index in [-0.39, 0.29) is 5.82 Å². The largest absolute Gasteiger partial charge is 0.493 e. The molecular weight excluding hydrogens is 458 g/mol. The predicted molar refractivity (Wildman–Crippen MR) is 114 cm³/mol. The lowest BCUT2D eigenvalue weighted by Gasteiger charge is -2.13. The molecule has 30 heavy (non-hydrogen) atoms. The number of nitrogens with one attached hydrogen (secondary N) is 1. The highest BCUT2D eigenvalue weighted by Crippen LogP contribution is 2.37. The van der Waals surface area contributed by atoms with Crippen LogP contribution in [0.3, 0.4) is 0 Å². The predicted octanol–water partition coefficient (Wildman–Crippen LogP) is 3.90. The first-order chi connectivity index (χ1) is 14.4. The van der Waals surface area contributed by atoms with Crippen LogP contribution in [0.25, 0.3) is 12.2 Å². The van der Waals surface area contributed by atoms with E-state index in [0.29, 0.717) is 28.1 Å². The van der Waals surface area contributed by atoms with E-state index < -0.39 is 22.0 Å². The molecule has 0 unspecified atom stereocenters. The number of hydrogen-bond donors (Lipinski definition) is 2. The van der Waals surface area contributed by atoms with Gasteiger partial charge in [0.15, 0.2) is 11.5 Å². The normalized spacial score (nSPS) is 10.9. The van der Waals surface area contributed by atoms with E-state index in [9.17, 15) is 20.0 Å². The molecule has 0 bridgehead atoms. The number of aromatic nitrogens is 2. The lowest BCUT2D eigenvalue weighted by molar-refractivity contribution is -0.387. The number of H-pyrrole nitrogens is 1. The molecule has 0 atom stereocenters. The van der Waals surface area contributed by atoms with Crippen molar-refractivity contribution in [3.8, 4) is 17.4 Å². The summed E-state index contributed by atoms with van der Waals surface area (Å²) >= 11 is 3.46. The minimum Gasteiger partial charge on any atom is -0.493 e. The monoisotopic (exact) mass is 473 g/mol. The van der Waals surface area contributed by atoms with E-state index in [1.165, 1.54) is 13.2 Å².